The van der Waals surface area contributed by atoms with Gasteiger partial charge in [0.05, 0.1) is 12.0 Å². The zero-order valence-corrected chi connectivity index (χ0v) is 10.9. The molecule has 3 heterocycles. The van der Waals surface area contributed by atoms with Crippen LogP contribution in [0.15, 0.2) is 30.9 Å². The Labute approximate surface area is 114 Å². The van der Waals surface area contributed by atoms with Gasteiger partial charge in [0.2, 0.25) is 11.8 Å². The largest absolute Gasteiger partial charge is 0.477 e. The third-order valence-corrected chi connectivity index (χ3v) is 3.02. The van der Waals surface area contributed by atoms with Crippen LogP contribution in [0.4, 0.5) is 4.39 Å². The van der Waals surface area contributed by atoms with Crippen molar-refractivity contribution < 1.29 is 9.13 Å². The van der Waals surface area contributed by atoms with Crippen LogP contribution in [0.25, 0.3) is 11.0 Å². The first kappa shape index (κ1) is 12.5. The highest BCUT2D eigenvalue weighted by Crippen LogP contribution is 2.27. The van der Waals surface area contributed by atoms with Crippen LogP contribution in [-0.4, -0.2) is 26.5 Å². The molecule has 6 heteroatoms. The summed E-state index contributed by atoms with van der Waals surface area (Å²) in [4.78, 5) is 15.0. The summed E-state index contributed by atoms with van der Waals surface area (Å²) in [5.74, 6) is 0.0507. The molecular weight excluding hydrogens is 259 g/mol. The van der Waals surface area contributed by atoms with E-state index < -0.39 is 5.95 Å². The van der Waals surface area contributed by atoms with Crippen LogP contribution >= 0.6 is 0 Å². The van der Waals surface area contributed by atoms with Crippen LogP contribution in [0, 0.1) is 5.95 Å². The molecule has 0 aromatic carbocycles. The average molecular weight is 272 g/mol. The number of aromatic nitrogens is 4. The topological polar surface area (TPSA) is 63.7 Å². The minimum Gasteiger partial charge on any atom is -0.477 e. The number of hydrogen-bond donors (Lipinski definition) is 1. The molecule has 0 radical (unpaired) electrons. The van der Waals surface area contributed by atoms with E-state index in [9.17, 15) is 4.39 Å². The van der Waals surface area contributed by atoms with Crippen molar-refractivity contribution in [2.45, 2.75) is 13.3 Å². The summed E-state index contributed by atoms with van der Waals surface area (Å²) >= 11 is 0. The van der Waals surface area contributed by atoms with Gasteiger partial charge in [-0.3, -0.25) is 0 Å². The summed E-state index contributed by atoms with van der Waals surface area (Å²) < 4.78 is 19.2. The Balaban J connectivity index is 2.06. The molecule has 1 N–H and O–H groups in total. The van der Waals surface area contributed by atoms with Crippen molar-refractivity contribution in [2.24, 2.45) is 0 Å². The van der Waals surface area contributed by atoms with E-state index in [1.54, 1.807) is 18.3 Å². The van der Waals surface area contributed by atoms with Crippen LogP contribution in [0.5, 0.6) is 5.88 Å². The van der Waals surface area contributed by atoms with Crippen molar-refractivity contribution in [1.29, 1.82) is 0 Å². The lowest BCUT2D eigenvalue weighted by molar-refractivity contribution is 0.330. The highest BCUT2D eigenvalue weighted by atomic mass is 19.1. The van der Waals surface area contributed by atoms with Crippen molar-refractivity contribution in [3.63, 3.8) is 0 Å². The molecule has 0 saturated heterocycles. The summed E-state index contributed by atoms with van der Waals surface area (Å²) in [5, 5.41) is 0.789. The smallest absolute Gasteiger partial charge is 0.226 e. The zero-order valence-electron chi connectivity index (χ0n) is 10.9. The molecule has 5 nitrogen and oxygen atoms in total. The Morgan fingerprint density at radius 3 is 2.95 bits per heavy atom. The first-order valence-corrected chi connectivity index (χ1v) is 6.32. The van der Waals surface area contributed by atoms with Crippen LogP contribution in [0.3, 0.4) is 0 Å². The van der Waals surface area contributed by atoms with Gasteiger partial charge in [-0.1, -0.05) is 6.07 Å². The maximum absolute atomic E-state index is 13.6. The minimum atomic E-state index is -0.461. The lowest BCUT2D eigenvalue weighted by Gasteiger charge is -2.05. The van der Waals surface area contributed by atoms with E-state index in [-0.39, 0.29) is 0 Å². The molecule has 0 atom stereocenters. The molecule has 3 rings (SSSR count). The summed E-state index contributed by atoms with van der Waals surface area (Å²) in [6.45, 7) is 2.40. The lowest BCUT2D eigenvalue weighted by Crippen LogP contribution is -1.98. The summed E-state index contributed by atoms with van der Waals surface area (Å²) in [6, 6.07) is 3.43. The highest BCUT2D eigenvalue weighted by Gasteiger charge is 2.14. The number of nitrogens with zero attached hydrogens (tertiary/aromatic N) is 3. The molecule has 20 heavy (non-hydrogen) atoms. The fourth-order valence-electron chi connectivity index (χ4n) is 2.14. The van der Waals surface area contributed by atoms with Gasteiger partial charge in [-0.25, -0.2) is 15.0 Å². The Hall–Kier alpha value is -2.50. The van der Waals surface area contributed by atoms with E-state index in [1.807, 2.05) is 6.92 Å². The molecule has 0 bridgehead atoms. The van der Waals surface area contributed by atoms with E-state index >= 15 is 0 Å². The number of pyridine rings is 1. The van der Waals surface area contributed by atoms with Gasteiger partial charge in [0.25, 0.3) is 0 Å². The Kier molecular flexibility index (Phi) is 3.28. The molecule has 102 valence electrons. The molecule has 0 spiro atoms. The third-order valence-electron chi connectivity index (χ3n) is 3.02. The molecule has 0 aliphatic carbocycles. The molecule has 0 amide bonds. The zero-order chi connectivity index (χ0) is 13.9. The number of ether oxygens (including phenoxy) is 1. The Morgan fingerprint density at radius 2 is 2.15 bits per heavy atom. The van der Waals surface area contributed by atoms with Gasteiger partial charge in [-0.15, -0.1) is 0 Å². The molecule has 3 aromatic rings. The normalized spacial score (nSPS) is 10.9. The van der Waals surface area contributed by atoms with Gasteiger partial charge < -0.3 is 9.72 Å². The summed E-state index contributed by atoms with van der Waals surface area (Å²) in [6.07, 6.45) is 5.09. The third kappa shape index (κ3) is 2.20. The number of hydrogen-bond acceptors (Lipinski definition) is 4. The Morgan fingerprint density at radius 1 is 1.25 bits per heavy atom. The number of nitrogens with one attached hydrogen (secondary N) is 1. The van der Waals surface area contributed by atoms with Crippen molar-refractivity contribution in [3.8, 4) is 5.88 Å². The van der Waals surface area contributed by atoms with E-state index in [2.05, 4.69) is 19.9 Å². The maximum Gasteiger partial charge on any atom is 0.226 e. The molecule has 0 aliphatic heterocycles. The number of H-pyrrole nitrogens is 1. The quantitative estimate of drug-likeness (QED) is 0.741. The Bertz CT molecular complexity index is 741. The van der Waals surface area contributed by atoms with Gasteiger partial charge in [0, 0.05) is 24.4 Å². The van der Waals surface area contributed by atoms with Crippen molar-refractivity contribution in [1.82, 2.24) is 19.9 Å². The van der Waals surface area contributed by atoms with Gasteiger partial charge in [-0.2, -0.15) is 4.39 Å². The second-order valence-corrected chi connectivity index (χ2v) is 4.28. The fourth-order valence-corrected chi connectivity index (χ4v) is 2.14. The fraction of sp³-hybridized carbons (Fsp3) is 0.214. The van der Waals surface area contributed by atoms with Crippen LogP contribution in [0.1, 0.15) is 18.1 Å². The van der Waals surface area contributed by atoms with Crippen LogP contribution in [-0.2, 0) is 6.42 Å². The predicted molar refractivity (Wildman–Crippen MR) is 72.1 cm³/mol. The number of rotatable bonds is 4. The van der Waals surface area contributed by atoms with E-state index in [4.69, 9.17) is 4.74 Å². The van der Waals surface area contributed by atoms with Gasteiger partial charge >= 0.3 is 0 Å². The van der Waals surface area contributed by atoms with Crippen molar-refractivity contribution in [2.75, 3.05) is 6.61 Å². The first-order chi connectivity index (χ1) is 9.79. The summed E-state index contributed by atoms with van der Waals surface area (Å²) in [7, 11) is 0. The van der Waals surface area contributed by atoms with E-state index in [1.165, 1.54) is 12.5 Å². The van der Waals surface area contributed by atoms with Crippen LogP contribution in [0.2, 0.25) is 0 Å². The molecule has 0 aliphatic rings. The molecule has 0 fully saturated rings. The highest BCUT2D eigenvalue weighted by molar-refractivity contribution is 5.85. The van der Waals surface area contributed by atoms with Crippen LogP contribution < -0.4 is 4.74 Å². The molecular formula is C14H13FN4O. The van der Waals surface area contributed by atoms with Crippen molar-refractivity contribution >= 4 is 11.0 Å². The van der Waals surface area contributed by atoms with Gasteiger partial charge in [0.1, 0.15) is 12.0 Å². The van der Waals surface area contributed by atoms with E-state index in [0.29, 0.717) is 30.1 Å². The first-order valence-electron chi connectivity index (χ1n) is 6.32. The van der Waals surface area contributed by atoms with Gasteiger partial charge in [-0.05, 0) is 18.6 Å². The number of fused-ring (bicyclic) bond motifs is 1. The second-order valence-electron chi connectivity index (χ2n) is 4.28. The summed E-state index contributed by atoms with van der Waals surface area (Å²) in [5.41, 5.74) is 2.10. The maximum atomic E-state index is 13.6. The SMILES string of the molecule is CCOc1ncnc2[nH]cc(Cc3cccnc3F)c12. The van der Waals surface area contributed by atoms with Crippen molar-refractivity contribution in [3.05, 3.63) is 47.9 Å². The molecule has 3 aromatic heterocycles. The van der Waals surface area contributed by atoms with E-state index in [0.717, 1.165) is 10.9 Å². The van der Waals surface area contributed by atoms with Gasteiger partial charge in [0.15, 0.2) is 0 Å². The number of aromatic amines is 1. The molecule has 0 unspecified atom stereocenters. The second kappa shape index (κ2) is 5.24. The minimum absolute atomic E-state index is 0.410. The average Bonchev–Trinajstić information content (AvgIpc) is 2.86. The molecule has 0 saturated carbocycles. The lowest BCUT2D eigenvalue weighted by atomic mass is 10.1. The monoisotopic (exact) mass is 272 g/mol. The predicted octanol–water partition coefficient (Wildman–Crippen LogP) is 2.48. The number of halogens is 1. The standard InChI is InChI=1S/C14H13FN4O/c1-2-20-14-11-10(7-17-13(11)18-8-19-14)6-9-4-3-5-16-12(9)15/h3-5,7-8H,2,6H2,1H3,(H,17,18,19).